The molecule has 0 saturated heterocycles. The van der Waals surface area contributed by atoms with E-state index in [0.29, 0.717) is 43.9 Å². The van der Waals surface area contributed by atoms with Crippen LogP contribution in [0.1, 0.15) is 63.3 Å². The third-order valence-corrected chi connectivity index (χ3v) is 10.2. The van der Waals surface area contributed by atoms with E-state index in [2.05, 4.69) is 17.6 Å². The number of benzene rings is 2. The number of hydrogen-bond donors (Lipinski definition) is 1. The van der Waals surface area contributed by atoms with Crippen molar-refractivity contribution < 1.29 is 40.8 Å². The van der Waals surface area contributed by atoms with Crippen LogP contribution in [0.15, 0.2) is 118 Å². The highest BCUT2D eigenvalue weighted by Gasteiger charge is 2.29. The van der Waals surface area contributed by atoms with E-state index in [-0.39, 0.29) is 12.4 Å². The van der Waals surface area contributed by atoms with E-state index in [0.717, 1.165) is 70.9 Å². The fourth-order valence-corrected chi connectivity index (χ4v) is 7.23. The van der Waals surface area contributed by atoms with Gasteiger partial charge in [-0.05, 0) is 73.6 Å². The Kier molecular flexibility index (Phi) is 12.1. The number of pyridine rings is 1. The number of anilines is 1. The van der Waals surface area contributed by atoms with Crippen LogP contribution in [-0.4, -0.2) is 43.3 Å². The lowest BCUT2D eigenvalue weighted by atomic mass is 10.1. The van der Waals surface area contributed by atoms with Gasteiger partial charge in [-0.25, -0.2) is 9.36 Å². The Labute approximate surface area is 311 Å². The van der Waals surface area contributed by atoms with Crippen LogP contribution in [0.5, 0.6) is 5.75 Å². The van der Waals surface area contributed by atoms with Crippen molar-refractivity contribution in [1.82, 2.24) is 4.90 Å². The van der Waals surface area contributed by atoms with Gasteiger partial charge in [-0.3, -0.25) is 9.45 Å². The molecule has 1 N–H and O–H groups in total. The van der Waals surface area contributed by atoms with Crippen molar-refractivity contribution in [3.63, 3.8) is 0 Å². The number of fused-ring (bicyclic) bond motifs is 2. The zero-order valence-corrected chi connectivity index (χ0v) is 31.4. The van der Waals surface area contributed by atoms with Crippen molar-refractivity contribution in [2.24, 2.45) is 7.05 Å². The molecule has 0 radical (unpaired) electrons. The second-order valence-corrected chi connectivity index (χ2v) is 14.9. The lowest BCUT2D eigenvalue weighted by Crippen LogP contribution is -2.35. The zero-order chi connectivity index (χ0) is 37.4. The molecule has 3 heterocycles. The number of nitrogens with zero attached hydrogens (tertiary/aromatic N) is 4. The van der Waals surface area contributed by atoms with Crippen molar-refractivity contribution in [1.29, 1.82) is 0 Å². The fraction of sp³-hybridized carbons (Fsp3) is 0.341. The number of carbonyl (C=O) groups excluding carboxylic acids is 1. The Hall–Kier alpha value is -5.20. The number of rotatable bonds is 15. The van der Waals surface area contributed by atoms with Crippen molar-refractivity contribution in [3.05, 3.63) is 125 Å². The summed E-state index contributed by atoms with van der Waals surface area (Å²) in [6, 6.07) is 19.6. The summed E-state index contributed by atoms with van der Waals surface area (Å²) >= 11 is 0. The lowest BCUT2D eigenvalue weighted by molar-refractivity contribution is -0.678. The summed E-state index contributed by atoms with van der Waals surface area (Å²) in [4.78, 5) is 17.2. The van der Waals surface area contributed by atoms with Gasteiger partial charge in [-0.2, -0.15) is 13.0 Å². The van der Waals surface area contributed by atoms with Crippen molar-refractivity contribution in [3.8, 4) is 5.75 Å². The van der Waals surface area contributed by atoms with Gasteiger partial charge in [-0.1, -0.05) is 43.7 Å². The van der Waals surface area contributed by atoms with Crippen LogP contribution in [0.3, 0.4) is 0 Å². The zero-order valence-electron chi connectivity index (χ0n) is 30.6. The standard InChI is InChI=1S/C41H47N4O7S/c1-4-5-10-25-44-34-13-6-8-15-36(34)51-38(44)21-19-32-17-18-33(40(32)43(3)41(46)50-30-31-23-27-42(2)28-24-31)20-22-39-45(26-11-12-29-53(47,48)49)35-14-7-9-16-37(35)52-39/h6-9,13-16,19-24,27-28H,4-5,10-12,17-18,25-26,29-30H2,1-3H3/q+1/p+1. The molecule has 1 aliphatic carbocycles. The summed E-state index contributed by atoms with van der Waals surface area (Å²) in [5.74, 6) is 1.74. The first-order valence-electron chi connectivity index (χ1n) is 18.2. The maximum atomic E-state index is 13.6. The maximum Gasteiger partial charge on any atom is 0.414 e. The number of likely N-dealkylation sites (N-methyl/N-ethyl adjacent to an activating group) is 1. The summed E-state index contributed by atoms with van der Waals surface area (Å²) in [6.45, 7) is 3.67. The molecule has 2 aliphatic rings. The van der Waals surface area contributed by atoms with Crippen LogP contribution in [0.4, 0.5) is 10.5 Å². The summed E-state index contributed by atoms with van der Waals surface area (Å²) in [5.41, 5.74) is 6.31. The number of aryl methyl sites for hydroxylation is 2. The van der Waals surface area contributed by atoms with Gasteiger partial charge in [0.05, 0.1) is 23.2 Å². The molecule has 0 unspecified atom stereocenters. The molecule has 0 bridgehead atoms. The summed E-state index contributed by atoms with van der Waals surface area (Å²) in [7, 11) is -0.367. The molecular formula is C41H48N4O7S+2. The SMILES string of the molecule is CCCCC[n+]1c(/C=C/C2=C(N(C)C(=O)OCc3cc[n+](C)cc3)C(=C/C=C3\Oc4ccccc4N3CCCCS(=O)(=O)O)/CC2)oc2ccccc21. The third-order valence-electron chi connectivity index (χ3n) is 9.44. The number of allylic oxidation sites excluding steroid dienone is 5. The molecule has 2 aromatic carbocycles. The maximum absolute atomic E-state index is 13.6. The van der Waals surface area contributed by atoms with Crippen molar-refractivity contribution in [2.45, 2.75) is 65.0 Å². The number of carbonyl (C=O) groups is 1. The largest absolute Gasteiger partial charge is 0.444 e. The molecule has 11 nitrogen and oxygen atoms in total. The molecular weight excluding hydrogens is 693 g/mol. The fourth-order valence-electron chi connectivity index (χ4n) is 6.66. The predicted octanol–water partition coefficient (Wildman–Crippen LogP) is 7.40. The van der Waals surface area contributed by atoms with Gasteiger partial charge < -0.3 is 18.8 Å². The molecule has 2 aromatic heterocycles. The minimum Gasteiger partial charge on any atom is -0.444 e. The van der Waals surface area contributed by atoms with Gasteiger partial charge in [0.25, 0.3) is 15.6 Å². The van der Waals surface area contributed by atoms with Crippen LogP contribution in [0.25, 0.3) is 17.2 Å². The predicted molar refractivity (Wildman–Crippen MR) is 203 cm³/mol. The number of oxazole rings is 1. The number of ether oxygens (including phenoxy) is 2. The number of amides is 1. The first kappa shape index (κ1) is 37.6. The highest BCUT2D eigenvalue weighted by Crippen LogP contribution is 2.40. The molecule has 4 aromatic rings. The molecule has 0 atom stereocenters. The van der Waals surface area contributed by atoms with Crippen molar-refractivity contribution >= 4 is 39.1 Å². The monoisotopic (exact) mass is 740 g/mol. The first-order chi connectivity index (χ1) is 25.6. The van der Waals surface area contributed by atoms with Gasteiger partial charge in [0.2, 0.25) is 11.5 Å². The van der Waals surface area contributed by atoms with E-state index in [1.807, 2.05) is 108 Å². The van der Waals surface area contributed by atoms with Gasteiger partial charge in [0.15, 0.2) is 24.7 Å². The molecule has 278 valence electrons. The number of unbranched alkanes of at least 4 members (excludes halogenated alkanes) is 3. The second-order valence-electron chi connectivity index (χ2n) is 13.4. The van der Waals surface area contributed by atoms with Gasteiger partial charge in [0.1, 0.15) is 13.7 Å². The van der Waals surface area contributed by atoms with Gasteiger partial charge in [0, 0.05) is 43.8 Å². The quantitative estimate of drug-likeness (QED) is 0.0762. The van der Waals surface area contributed by atoms with Crippen LogP contribution in [0.2, 0.25) is 0 Å². The molecule has 53 heavy (non-hydrogen) atoms. The number of hydrogen-bond acceptors (Lipinski definition) is 7. The minimum atomic E-state index is -4.04. The number of aromatic nitrogens is 2. The Morgan fingerprint density at radius 1 is 0.981 bits per heavy atom. The van der Waals surface area contributed by atoms with E-state index in [4.69, 9.17) is 13.9 Å². The van der Waals surface area contributed by atoms with Crippen LogP contribution in [0, 0.1) is 0 Å². The highest BCUT2D eigenvalue weighted by molar-refractivity contribution is 7.85. The Morgan fingerprint density at radius 3 is 2.55 bits per heavy atom. The second kappa shape index (κ2) is 17.1. The summed E-state index contributed by atoms with van der Waals surface area (Å²) < 4.78 is 54.3. The molecule has 0 saturated carbocycles. The third kappa shape index (κ3) is 9.43. The van der Waals surface area contributed by atoms with Crippen molar-refractivity contribution in [2.75, 3.05) is 24.2 Å². The average Bonchev–Trinajstić information content (AvgIpc) is 3.83. The molecule has 6 rings (SSSR count). The summed E-state index contributed by atoms with van der Waals surface area (Å²) in [6.07, 6.45) is 16.8. The smallest absolute Gasteiger partial charge is 0.414 e. The first-order valence-corrected chi connectivity index (χ1v) is 19.8. The van der Waals surface area contributed by atoms with E-state index < -0.39 is 16.2 Å². The lowest BCUT2D eigenvalue weighted by Gasteiger charge is -2.21. The van der Waals surface area contributed by atoms with Gasteiger partial charge in [-0.15, -0.1) is 0 Å². The van der Waals surface area contributed by atoms with E-state index in [1.54, 1.807) is 11.9 Å². The normalized spacial score (nSPS) is 16.0. The Balaban J connectivity index is 1.31. The minimum absolute atomic E-state index is 0.140. The highest BCUT2D eigenvalue weighted by atomic mass is 32.2. The molecule has 1 aliphatic heterocycles. The van der Waals surface area contributed by atoms with E-state index >= 15 is 0 Å². The van der Waals surface area contributed by atoms with Crippen LogP contribution in [-0.2, 0) is 35.1 Å². The molecule has 12 heteroatoms. The van der Waals surface area contributed by atoms with E-state index in [1.165, 1.54) is 0 Å². The average molecular weight is 741 g/mol. The van der Waals surface area contributed by atoms with Crippen LogP contribution >= 0.6 is 0 Å². The molecule has 1 amide bonds. The van der Waals surface area contributed by atoms with Crippen LogP contribution < -0.4 is 18.8 Å². The summed E-state index contributed by atoms with van der Waals surface area (Å²) in [5, 5.41) is 0. The molecule has 0 fully saturated rings. The van der Waals surface area contributed by atoms with Gasteiger partial charge >= 0.3 is 12.0 Å². The topological polar surface area (TPSA) is 117 Å². The van der Waals surface area contributed by atoms with E-state index in [9.17, 15) is 17.8 Å². The Bertz CT molecular complexity index is 2170. The Morgan fingerprint density at radius 2 is 1.75 bits per heavy atom. The number of para-hydroxylation sites is 4. The molecule has 0 spiro atoms.